The average molecular weight is 379 g/mol. The number of benzene rings is 2. The molecule has 0 unspecified atom stereocenters. The molecule has 0 bridgehead atoms. The summed E-state index contributed by atoms with van der Waals surface area (Å²) >= 11 is 5.78. The number of nitrogens with one attached hydrogen (secondary N) is 1. The number of amides is 1. The molecule has 3 aromatic rings. The molecule has 0 radical (unpaired) electrons. The highest BCUT2D eigenvalue weighted by Gasteiger charge is 2.14. The third-order valence-corrected chi connectivity index (χ3v) is 3.67. The van der Waals surface area contributed by atoms with E-state index in [9.17, 15) is 13.6 Å². The van der Waals surface area contributed by atoms with Gasteiger partial charge in [0.15, 0.2) is 23.1 Å². The van der Waals surface area contributed by atoms with Crippen molar-refractivity contribution in [3.05, 3.63) is 70.9 Å². The van der Waals surface area contributed by atoms with Crippen LogP contribution in [0.1, 0.15) is 10.5 Å². The van der Waals surface area contributed by atoms with Crippen molar-refractivity contribution in [2.45, 2.75) is 0 Å². The van der Waals surface area contributed by atoms with Crippen molar-refractivity contribution in [2.24, 2.45) is 0 Å². The zero-order chi connectivity index (χ0) is 18.5. The molecular formula is C18H13ClF2N2O3. The fourth-order valence-corrected chi connectivity index (χ4v) is 2.25. The van der Waals surface area contributed by atoms with Gasteiger partial charge in [-0.05, 0) is 42.5 Å². The maximum atomic E-state index is 13.3. The predicted octanol–water partition coefficient (Wildman–Crippen LogP) is 4.08. The Kier molecular flexibility index (Phi) is 5.48. The number of carbonyl (C=O) groups is 1. The van der Waals surface area contributed by atoms with E-state index >= 15 is 0 Å². The van der Waals surface area contributed by atoms with E-state index in [-0.39, 0.29) is 30.2 Å². The molecule has 1 heterocycles. The number of carbonyl (C=O) groups excluding carboxylic acids is 1. The summed E-state index contributed by atoms with van der Waals surface area (Å²) in [5.41, 5.74) is 0.303. The first kappa shape index (κ1) is 17.9. The standard InChI is InChI=1S/C18H13ClF2N2O3/c19-12-2-4-13(5-3-12)25-8-7-22-18(24)16-10-17(26-23-16)11-1-6-14(20)15(21)9-11/h1-6,9-10H,7-8H2,(H,22,24). The lowest BCUT2D eigenvalue weighted by Crippen LogP contribution is -2.28. The van der Waals surface area contributed by atoms with Crippen molar-refractivity contribution in [3.8, 4) is 17.1 Å². The van der Waals surface area contributed by atoms with Crippen LogP contribution in [0, 0.1) is 11.6 Å². The molecule has 134 valence electrons. The second kappa shape index (κ2) is 7.97. The molecule has 2 aromatic carbocycles. The van der Waals surface area contributed by atoms with Crippen LogP contribution in [0.5, 0.6) is 5.75 Å². The van der Waals surface area contributed by atoms with Gasteiger partial charge in [0.25, 0.3) is 5.91 Å². The molecule has 1 amide bonds. The molecule has 0 aliphatic heterocycles. The molecule has 0 aliphatic rings. The van der Waals surface area contributed by atoms with Gasteiger partial charge in [0.1, 0.15) is 12.4 Å². The van der Waals surface area contributed by atoms with Crippen molar-refractivity contribution in [1.82, 2.24) is 10.5 Å². The van der Waals surface area contributed by atoms with E-state index < -0.39 is 17.5 Å². The van der Waals surface area contributed by atoms with Gasteiger partial charge in [-0.2, -0.15) is 0 Å². The number of halogens is 3. The molecule has 1 aromatic heterocycles. The van der Waals surface area contributed by atoms with Gasteiger partial charge in [-0.25, -0.2) is 8.78 Å². The summed E-state index contributed by atoms with van der Waals surface area (Å²) in [7, 11) is 0. The van der Waals surface area contributed by atoms with E-state index in [1.807, 2.05) is 0 Å². The van der Waals surface area contributed by atoms with Gasteiger partial charge in [0.05, 0.1) is 6.54 Å². The van der Waals surface area contributed by atoms with Crippen LogP contribution in [0.25, 0.3) is 11.3 Å². The Bertz CT molecular complexity index is 913. The highest BCUT2D eigenvalue weighted by Crippen LogP contribution is 2.22. The molecule has 0 saturated heterocycles. The lowest BCUT2D eigenvalue weighted by atomic mass is 10.1. The summed E-state index contributed by atoms with van der Waals surface area (Å²) in [6.45, 7) is 0.496. The molecule has 1 N–H and O–H groups in total. The van der Waals surface area contributed by atoms with Crippen LogP contribution in [-0.4, -0.2) is 24.2 Å². The zero-order valence-electron chi connectivity index (χ0n) is 13.3. The Labute approximate surface area is 152 Å². The molecule has 5 nitrogen and oxygen atoms in total. The Morgan fingerprint density at radius 3 is 2.62 bits per heavy atom. The molecule has 0 aliphatic carbocycles. The van der Waals surface area contributed by atoms with Crippen LogP contribution < -0.4 is 10.1 Å². The largest absolute Gasteiger partial charge is 0.492 e. The lowest BCUT2D eigenvalue weighted by Gasteiger charge is -2.06. The highest BCUT2D eigenvalue weighted by atomic mass is 35.5. The van der Waals surface area contributed by atoms with Gasteiger partial charge in [0, 0.05) is 16.7 Å². The second-order valence-corrected chi connectivity index (χ2v) is 5.70. The minimum Gasteiger partial charge on any atom is -0.492 e. The molecule has 0 spiro atoms. The number of hydrogen-bond acceptors (Lipinski definition) is 4. The van der Waals surface area contributed by atoms with E-state index in [0.29, 0.717) is 10.8 Å². The van der Waals surface area contributed by atoms with Crippen molar-refractivity contribution >= 4 is 17.5 Å². The highest BCUT2D eigenvalue weighted by molar-refractivity contribution is 6.30. The minimum absolute atomic E-state index is 0.0243. The summed E-state index contributed by atoms with van der Waals surface area (Å²) in [6, 6.07) is 11.5. The SMILES string of the molecule is O=C(NCCOc1ccc(Cl)cc1)c1cc(-c2ccc(F)c(F)c2)on1. The quantitative estimate of drug-likeness (QED) is 0.656. The first-order valence-corrected chi connectivity index (χ1v) is 7.99. The molecule has 0 saturated carbocycles. The predicted molar refractivity (Wildman–Crippen MR) is 91.1 cm³/mol. The molecule has 0 atom stereocenters. The van der Waals surface area contributed by atoms with Crippen LogP contribution in [0.4, 0.5) is 8.78 Å². The minimum atomic E-state index is -1.01. The van der Waals surface area contributed by atoms with Gasteiger partial charge in [-0.3, -0.25) is 4.79 Å². The Morgan fingerprint density at radius 1 is 1.12 bits per heavy atom. The lowest BCUT2D eigenvalue weighted by molar-refractivity contribution is 0.0938. The fourth-order valence-electron chi connectivity index (χ4n) is 2.12. The van der Waals surface area contributed by atoms with Crippen molar-refractivity contribution < 1.29 is 22.8 Å². The first-order valence-electron chi connectivity index (χ1n) is 7.61. The van der Waals surface area contributed by atoms with E-state index in [0.717, 1.165) is 12.1 Å². The normalized spacial score (nSPS) is 10.6. The van der Waals surface area contributed by atoms with E-state index in [2.05, 4.69) is 10.5 Å². The van der Waals surface area contributed by atoms with Crippen LogP contribution in [0.3, 0.4) is 0 Å². The summed E-state index contributed by atoms with van der Waals surface area (Å²) < 4.78 is 36.7. The number of rotatable bonds is 6. The number of nitrogens with zero attached hydrogens (tertiary/aromatic N) is 1. The van der Waals surface area contributed by atoms with Gasteiger partial charge in [0.2, 0.25) is 0 Å². The monoisotopic (exact) mass is 378 g/mol. The summed E-state index contributed by atoms with van der Waals surface area (Å²) in [5.74, 6) is -1.66. The third-order valence-electron chi connectivity index (χ3n) is 3.42. The number of aromatic nitrogens is 1. The van der Waals surface area contributed by atoms with Gasteiger partial charge >= 0.3 is 0 Å². The second-order valence-electron chi connectivity index (χ2n) is 5.26. The van der Waals surface area contributed by atoms with E-state index in [4.69, 9.17) is 20.9 Å². The van der Waals surface area contributed by atoms with Crippen LogP contribution in [-0.2, 0) is 0 Å². The van der Waals surface area contributed by atoms with Gasteiger partial charge in [-0.15, -0.1) is 0 Å². The topological polar surface area (TPSA) is 64.4 Å². The van der Waals surface area contributed by atoms with E-state index in [1.54, 1.807) is 24.3 Å². The first-order chi connectivity index (χ1) is 12.5. The van der Waals surface area contributed by atoms with Crippen LogP contribution in [0.2, 0.25) is 5.02 Å². The average Bonchev–Trinajstić information content (AvgIpc) is 3.12. The number of ether oxygens (including phenoxy) is 1. The summed E-state index contributed by atoms with van der Waals surface area (Å²) in [5, 5.41) is 6.86. The van der Waals surface area contributed by atoms with Crippen molar-refractivity contribution in [3.63, 3.8) is 0 Å². The van der Waals surface area contributed by atoms with Crippen LogP contribution >= 0.6 is 11.6 Å². The van der Waals surface area contributed by atoms with E-state index in [1.165, 1.54) is 12.1 Å². The zero-order valence-corrected chi connectivity index (χ0v) is 14.1. The Morgan fingerprint density at radius 2 is 1.88 bits per heavy atom. The maximum absolute atomic E-state index is 13.3. The molecule has 0 fully saturated rings. The van der Waals surface area contributed by atoms with Crippen molar-refractivity contribution in [2.75, 3.05) is 13.2 Å². The Balaban J connectivity index is 1.53. The molecule has 3 rings (SSSR count). The third kappa shape index (κ3) is 4.37. The van der Waals surface area contributed by atoms with Gasteiger partial charge < -0.3 is 14.6 Å². The molecule has 26 heavy (non-hydrogen) atoms. The summed E-state index contributed by atoms with van der Waals surface area (Å²) in [4.78, 5) is 12.0. The Hall–Kier alpha value is -2.93. The van der Waals surface area contributed by atoms with Crippen molar-refractivity contribution in [1.29, 1.82) is 0 Å². The fraction of sp³-hybridized carbons (Fsp3) is 0.111. The molecule has 8 heteroatoms. The summed E-state index contributed by atoms with van der Waals surface area (Å²) in [6.07, 6.45) is 0. The van der Waals surface area contributed by atoms with Gasteiger partial charge in [-0.1, -0.05) is 16.8 Å². The maximum Gasteiger partial charge on any atom is 0.273 e. The number of hydrogen-bond donors (Lipinski definition) is 1. The smallest absolute Gasteiger partial charge is 0.273 e. The molecular weight excluding hydrogens is 366 g/mol. The van der Waals surface area contributed by atoms with Crippen LogP contribution in [0.15, 0.2) is 53.1 Å².